The summed E-state index contributed by atoms with van der Waals surface area (Å²) in [5, 5.41) is 9.88. The molecule has 0 saturated heterocycles. The Hall–Kier alpha value is -0.560. The number of aliphatic hydroxyl groups is 1. The molecule has 1 N–H and O–H groups in total. The zero-order valence-electron chi connectivity index (χ0n) is 19.1. The minimum atomic E-state index is 0.402. The van der Waals surface area contributed by atoms with E-state index in [4.69, 9.17) is 0 Å². The molecule has 28 heavy (non-hydrogen) atoms. The fraction of sp³-hybridized carbons (Fsp3) is 0.852. The summed E-state index contributed by atoms with van der Waals surface area (Å²) in [7, 11) is 0. The van der Waals surface area contributed by atoms with E-state index >= 15 is 0 Å². The van der Waals surface area contributed by atoms with Crippen molar-refractivity contribution < 1.29 is 5.11 Å². The summed E-state index contributed by atoms with van der Waals surface area (Å²) < 4.78 is 0. The molecule has 158 valence electrons. The van der Waals surface area contributed by atoms with Crippen LogP contribution in [-0.4, -0.2) is 11.7 Å². The standard InChI is InChI=1S/C27H44O/c1-18(2)7-6-8-19(3)22-11-12-24-21-9-10-23-20(17-28)13-15-27(23,5)25(21)14-16-26(22,24)4/h6,8-9,18-20,22-25,28H,7,10-17H2,1-5H3. The number of hydrogen-bond acceptors (Lipinski definition) is 1. The van der Waals surface area contributed by atoms with Crippen LogP contribution in [-0.2, 0) is 0 Å². The Bertz CT molecular complexity index is 630. The van der Waals surface area contributed by atoms with Crippen molar-refractivity contribution in [3.05, 3.63) is 23.8 Å². The molecule has 0 amide bonds. The van der Waals surface area contributed by atoms with Gasteiger partial charge in [0.1, 0.15) is 0 Å². The molecule has 0 aliphatic heterocycles. The van der Waals surface area contributed by atoms with Crippen LogP contribution in [0.15, 0.2) is 23.8 Å². The van der Waals surface area contributed by atoms with Crippen molar-refractivity contribution in [3.8, 4) is 0 Å². The van der Waals surface area contributed by atoms with E-state index in [2.05, 4.69) is 52.8 Å². The van der Waals surface area contributed by atoms with E-state index in [1.165, 1.54) is 51.4 Å². The molecule has 8 atom stereocenters. The molecule has 4 aliphatic rings. The van der Waals surface area contributed by atoms with Gasteiger partial charge >= 0.3 is 0 Å². The zero-order valence-corrected chi connectivity index (χ0v) is 19.1. The van der Waals surface area contributed by atoms with E-state index in [1.54, 1.807) is 0 Å². The maximum absolute atomic E-state index is 9.88. The second-order valence-corrected chi connectivity index (χ2v) is 11.8. The largest absolute Gasteiger partial charge is 0.396 e. The molecule has 0 aromatic rings. The third kappa shape index (κ3) is 3.15. The van der Waals surface area contributed by atoms with Gasteiger partial charge in [-0.15, -0.1) is 0 Å². The maximum atomic E-state index is 9.88. The lowest BCUT2D eigenvalue weighted by molar-refractivity contribution is 0.0192. The number of allylic oxidation sites excluding steroid dienone is 4. The normalized spacial score (nSPS) is 46.4. The van der Waals surface area contributed by atoms with Crippen LogP contribution < -0.4 is 0 Å². The van der Waals surface area contributed by atoms with Gasteiger partial charge in [0.15, 0.2) is 0 Å². The van der Waals surface area contributed by atoms with Gasteiger partial charge in [0, 0.05) is 6.61 Å². The highest BCUT2D eigenvalue weighted by molar-refractivity contribution is 5.28. The van der Waals surface area contributed by atoms with Gasteiger partial charge in [0.05, 0.1) is 0 Å². The van der Waals surface area contributed by atoms with Crippen LogP contribution in [0.5, 0.6) is 0 Å². The SMILES string of the molecule is CC(C)CC=CC(C)C1CCC2C3=CCC4C(CO)CCC4(C)C3CCC21C. The van der Waals surface area contributed by atoms with E-state index in [1.807, 2.05) is 5.57 Å². The van der Waals surface area contributed by atoms with Gasteiger partial charge in [-0.05, 0) is 104 Å². The van der Waals surface area contributed by atoms with Gasteiger partial charge in [-0.1, -0.05) is 58.4 Å². The van der Waals surface area contributed by atoms with Crippen LogP contribution in [0, 0.1) is 52.3 Å². The average molecular weight is 385 g/mol. The second-order valence-electron chi connectivity index (χ2n) is 11.8. The lowest BCUT2D eigenvalue weighted by Crippen LogP contribution is -2.46. The minimum absolute atomic E-state index is 0.402. The summed E-state index contributed by atoms with van der Waals surface area (Å²) in [6, 6.07) is 0. The van der Waals surface area contributed by atoms with Gasteiger partial charge in [-0.25, -0.2) is 0 Å². The molecule has 0 aromatic heterocycles. The lowest BCUT2D eigenvalue weighted by atomic mass is 9.50. The summed E-state index contributed by atoms with van der Waals surface area (Å²) in [5.74, 6) is 5.23. The minimum Gasteiger partial charge on any atom is -0.396 e. The molecule has 4 aliphatic carbocycles. The fourth-order valence-electron chi connectivity index (χ4n) is 8.39. The number of aliphatic hydroxyl groups excluding tert-OH is 1. The fourth-order valence-corrected chi connectivity index (χ4v) is 8.39. The first-order valence-corrected chi connectivity index (χ1v) is 12.3. The van der Waals surface area contributed by atoms with Crippen molar-refractivity contribution >= 4 is 0 Å². The molecule has 1 nitrogen and oxygen atoms in total. The lowest BCUT2D eigenvalue weighted by Gasteiger charge is -2.54. The molecule has 0 aromatic carbocycles. The topological polar surface area (TPSA) is 20.2 Å². The van der Waals surface area contributed by atoms with E-state index in [-0.39, 0.29) is 0 Å². The average Bonchev–Trinajstić information content (AvgIpc) is 3.17. The third-order valence-corrected chi connectivity index (χ3v) is 9.98. The highest BCUT2D eigenvalue weighted by Crippen LogP contribution is 2.68. The van der Waals surface area contributed by atoms with Gasteiger partial charge in [-0.2, -0.15) is 0 Å². The van der Waals surface area contributed by atoms with Crippen LogP contribution in [0.3, 0.4) is 0 Å². The Balaban J connectivity index is 1.54. The second kappa shape index (κ2) is 7.60. The molecule has 0 radical (unpaired) electrons. The summed E-state index contributed by atoms with van der Waals surface area (Å²) in [5.41, 5.74) is 2.81. The van der Waals surface area contributed by atoms with Gasteiger partial charge in [0.25, 0.3) is 0 Å². The molecule has 8 unspecified atom stereocenters. The zero-order chi connectivity index (χ0) is 20.1. The van der Waals surface area contributed by atoms with Crippen LogP contribution >= 0.6 is 0 Å². The smallest absolute Gasteiger partial charge is 0.0462 e. The first-order valence-electron chi connectivity index (χ1n) is 12.3. The summed E-state index contributed by atoms with van der Waals surface area (Å²) in [6.07, 6.45) is 18.3. The highest BCUT2D eigenvalue weighted by atomic mass is 16.3. The Labute approximate surface area is 174 Å². The molecule has 0 heterocycles. The Morgan fingerprint density at radius 3 is 2.46 bits per heavy atom. The molecule has 1 heteroatoms. The van der Waals surface area contributed by atoms with Crippen molar-refractivity contribution in [2.75, 3.05) is 6.61 Å². The Morgan fingerprint density at radius 2 is 1.75 bits per heavy atom. The summed E-state index contributed by atoms with van der Waals surface area (Å²) in [6.45, 7) is 12.7. The van der Waals surface area contributed by atoms with Gasteiger partial charge in [0.2, 0.25) is 0 Å². The van der Waals surface area contributed by atoms with Crippen LogP contribution in [0.1, 0.15) is 86.0 Å². The molecular formula is C27H44O. The summed E-state index contributed by atoms with van der Waals surface area (Å²) >= 11 is 0. The highest BCUT2D eigenvalue weighted by Gasteiger charge is 2.59. The van der Waals surface area contributed by atoms with Crippen molar-refractivity contribution in [1.82, 2.24) is 0 Å². The first-order chi connectivity index (χ1) is 13.3. The van der Waals surface area contributed by atoms with Crippen molar-refractivity contribution in [3.63, 3.8) is 0 Å². The molecule has 0 bridgehead atoms. The number of rotatable bonds is 5. The maximum Gasteiger partial charge on any atom is 0.0462 e. The van der Waals surface area contributed by atoms with E-state index < -0.39 is 0 Å². The number of hydrogen-bond donors (Lipinski definition) is 1. The Morgan fingerprint density at radius 1 is 1.04 bits per heavy atom. The number of fused-ring (bicyclic) bond motifs is 5. The molecule has 3 fully saturated rings. The van der Waals surface area contributed by atoms with E-state index in [0.29, 0.717) is 29.3 Å². The predicted octanol–water partition coefficient (Wildman–Crippen LogP) is 7.02. The molecule has 0 spiro atoms. The molecular weight excluding hydrogens is 340 g/mol. The van der Waals surface area contributed by atoms with Crippen LogP contribution in [0.4, 0.5) is 0 Å². The quantitative estimate of drug-likeness (QED) is 0.505. The van der Waals surface area contributed by atoms with Gasteiger partial charge in [-0.3, -0.25) is 0 Å². The molecule has 3 saturated carbocycles. The van der Waals surface area contributed by atoms with Crippen molar-refractivity contribution in [1.29, 1.82) is 0 Å². The van der Waals surface area contributed by atoms with Crippen LogP contribution in [0.25, 0.3) is 0 Å². The Kier molecular flexibility index (Phi) is 5.62. The first kappa shape index (κ1) is 20.7. The van der Waals surface area contributed by atoms with E-state index in [0.717, 1.165) is 29.6 Å². The van der Waals surface area contributed by atoms with Crippen molar-refractivity contribution in [2.24, 2.45) is 52.3 Å². The monoisotopic (exact) mass is 384 g/mol. The van der Waals surface area contributed by atoms with Gasteiger partial charge < -0.3 is 5.11 Å². The van der Waals surface area contributed by atoms with E-state index in [9.17, 15) is 5.11 Å². The third-order valence-electron chi connectivity index (χ3n) is 9.98. The molecule has 4 rings (SSSR count). The predicted molar refractivity (Wildman–Crippen MR) is 119 cm³/mol. The summed E-state index contributed by atoms with van der Waals surface area (Å²) in [4.78, 5) is 0. The van der Waals surface area contributed by atoms with Crippen LogP contribution in [0.2, 0.25) is 0 Å². The van der Waals surface area contributed by atoms with Crippen molar-refractivity contribution in [2.45, 2.75) is 86.0 Å².